The number of aromatic amines is 1. The van der Waals surface area contributed by atoms with Crippen LogP contribution >= 0.6 is 31.9 Å². The van der Waals surface area contributed by atoms with Crippen LogP contribution in [0.4, 0.5) is 4.39 Å². The maximum Gasteiger partial charge on any atom is 0.268 e. The van der Waals surface area contributed by atoms with Crippen molar-refractivity contribution in [1.29, 1.82) is 0 Å². The minimum absolute atomic E-state index is 0.0791. The van der Waals surface area contributed by atoms with Crippen LogP contribution in [0.2, 0.25) is 0 Å². The van der Waals surface area contributed by atoms with Crippen molar-refractivity contribution < 1.29 is 9.13 Å². The van der Waals surface area contributed by atoms with Crippen molar-refractivity contribution in [2.45, 2.75) is 0 Å². The normalized spacial score (nSPS) is 10.3. The van der Waals surface area contributed by atoms with Gasteiger partial charge in [0.05, 0.1) is 10.8 Å². The molecule has 1 aromatic carbocycles. The molecule has 1 heterocycles. The summed E-state index contributed by atoms with van der Waals surface area (Å²) in [4.78, 5) is 17.4. The number of H-pyrrole nitrogens is 1. The molecule has 0 aliphatic heterocycles. The molecular formula is C10H5Br2FN2O2. The number of rotatable bonds is 2. The van der Waals surface area contributed by atoms with E-state index < -0.39 is 5.82 Å². The summed E-state index contributed by atoms with van der Waals surface area (Å²) >= 11 is 6.07. The van der Waals surface area contributed by atoms with Crippen molar-refractivity contribution in [1.82, 2.24) is 9.97 Å². The summed E-state index contributed by atoms with van der Waals surface area (Å²) < 4.78 is 19.0. The molecule has 0 saturated carbocycles. The van der Waals surface area contributed by atoms with Crippen LogP contribution in [0.15, 0.2) is 38.3 Å². The van der Waals surface area contributed by atoms with E-state index in [0.717, 1.165) is 0 Å². The Kier molecular flexibility index (Phi) is 3.58. The van der Waals surface area contributed by atoms with Gasteiger partial charge in [-0.2, -0.15) is 0 Å². The smallest absolute Gasteiger partial charge is 0.268 e. The number of nitrogens with zero attached hydrogens (tertiary/aromatic N) is 1. The average molecular weight is 364 g/mol. The molecule has 0 amide bonds. The number of benzene rings is 1. The minimum Gasteiger partial charge on any atom is -0.437 e. The van der Waals surface area contributed by atoms with Gasteiger partial charge in [-0.15, -0.1) is 0 Å². The van der Waals surface area contributed by atoms with Crippen LogP contribution in [-0.2, 0) is 0 Å². The Labute approximate surface area is 112 Å². The number of nitrogens with one attached hydrogen (secondary N) is 1. The van der Waals surface area contributed by atoms with Gasteiger partial charge >= 0.3 is 0 Å². The number of hydrogen-bond acceptors (Lipinski definition) is 3. The topological polar surface area (TPSA) is 55.0 Å². The molecule has 88 valence electrons. The van der Waals surface area contributed by atoms with Gasteiger partial charge in [0.1, 0.15) is 16.0 Å². The van der Waals surface area contributed by atoms with Crippen molar-refractivity contribution in [3.63, 3.8) is 0 Å². The Morgan fingerprint density at radius 2 is 2.12 bits per heavy atom. The van der Waals surface area contributed by atoms with Crippen LogP contribution in [0, 0.1) is 5.82 Å². The summed E-state index contributed by atoms with van der Waals surface area (Å²) in [5.74, 6) is -0.122. The zero-order valence-corrected chi connectivity index (χ0v) is 11.4. The second kappa shape index (κ2) is 4.97. The van der Waals surface area contributed by atoms with E-state index in [0.29, 0.717) is 4.47 Å². The van der Waals surface area contributed by atoms with Crippen molar-refractivity contribution in [3.05, 3.63) is 49.6 Å². The Morgan fingerprint density at radius 1 is 1.35 bits per heavy atom. The third-order valence-electron chi connectivity index (χ3n) is 1.87. The molecule has 0 aliphatic carbocycles. The highest BCUT2D eigenvalue weighted by Crippen LogP contribution is 2.27. The average Bonchev–Trinajstić information content (AvgIpc) is 2.30. The fourth-order valence-corrected chi connectivity index (χ4v) is 1.63. The first-order valence-corrected chi connectivity index (χ1v) is 6.02. The zero-order chi connectivity index (χ0) is 12.4. The maximum absolute atomic E-state index is 13.2. The van der Waals surface area contributed by atoms with E-state index in [1.807, 2.05) is 0 Å². The monoisotopic (exact) mass is 362 g/mol. The lowest BCUT2D eigenvalue weighted by molar-refractivity contribution is 0.452. The van der Waals surface area contributed by atoms with E-state index >= 15 is 0 Å². The second-order valence-electron chi connectivity index (χ2n) is 3.03. The largest absolute Gasteiger partial charge is 0.437 e. The van der Waals surface area contributed by atoms with Gasteiger partial charge in [-0.1, -0.05) is 0 Å². The molecule has 4 nitrogen and oxygen atoms in total. The molecule has 0 bridgehead atoms. The first kappa shape index (κ1) is 12.3. The fourth-order valence-electron chi connectivity index (χ4n) is 1.09. The van der Waals surface area contributed by atoms with Crippen LogP contribution < -0.4 is 10.3 Å². The number of ether oxygens (including phenoxy) is 1. The van der Waals surface area contributed by atoms with E-state index in [9.17, 15) is 9.18 Å². The lowest BCUT2D eigenvalue weighted by Gasteiger charge is -2.05. The molecule has 1 N–H and O–H groups in total. The first-order valence-electron chi connectivity index (χ1n) is 4.44. The quantitative estimate of drug-likeness (QED) is 0.891. The maximum atomic E-state index is 13.2. The van der Waals surface area contributed by atoms with Crippen LogP contribution in [0.25, 0.3) is 0 Å². The van der Waals surface area contributed by atoms with Crippen molar-refractivity contribution in [2.24, 2.45) is 0 Å². The Hall–Kier alpha value is -1.21. The molecular weight excluding hydrogens is 359 g/mol. The summed E-state index contributed by atoms with van der Waals surface area (Å²) in [5, 5.41) is 0. The van der Waals surface area contributed by atoms with E-state index in [1.165, 1.54) is 18.5 Å². The van der Waals surface area contributed by atoms with E-state index in [1.54, 1.807) is 6.07 Å². The van der Waals surface area contributed by atoms with Crippen molar-refractivity contribution in [2.75, 3.05) is 0 Å². The highest BCUT2D eigenvalue weighted by Gasteiger charge is 2.09. The van der Waals surface area contributed by atoms with Gasteiger partial charge in [0, 0.05) is 6.07 Å². The third kappa shape index (κ3) is 2.73. The molecule has 0 spiro atoms. The summed E-state index contributed by atoms with van der Waals surface area (Å²) in [6.07, 6.45) is 1.21. The van der Waals surface area contributed by atoms with Gasteiger partial charge in [-0.05, 0) is 44.0 Å². The Balaban J connectivity index is 2.35. The molecule has 2 aromatic rings. The van der Waals surface area contributed by atoms with Gasteiger partial charge in [-0.3, -0.25) is 4.79 Å². The number of halogens is 3. The number of hydrogen-bond donors (Lipinski definition) is 1. The van der Waals surface area contributed by atoms with Gasteiger partial charge < -0.3 is 9.72 Å². The molecule has 7 heteroatoms. The SMILES string of the molecule is O=c1[nH]cnc(Oc2ccc(Br)c(F)c2)c1Br. The van der Waals surface area contributed by atoms with Crippen molar-refractivity contribution in [3.8, 4) is 11.6 Å². The molecule has 0 aliphatic rings. The molecule has 0 fully saturated rings. The van der Waals surface area contributed by atoms with Gasteiger partial charge in [0.25, 0.3) is 5.56 Å². The Morgan fingerprint density at radius 3 is 2.82 bits per heavy atom. The van der Waals surface area contributed by atoms with E-state index in [2.05, 4.69) is 41.8 Å². The predicted molar refractivity (Wildman–Crippen MR) is 66.7 cm³/mol. The first-order chi connectivity index (χ1) is 8.08. The lowest BCUT2D eigenvalue weighted by atomic mass is 10.3. The molecule has 1 aromatic heterocycles. The highest BCUT2D eigenvalue weighted by atomic mass is 79.9. The molecule has 0 atom stereocenters. The van der Waals surface area contributed by atoms with Gasteiger partial charge in [-0.25, -0.2) is 9.37 Å². The lowest BCUT2D eigenvalue weighted by Crippen LogP contribution is -2.08. The molecule has 0 saturated heterocycles. The summed E-state index contributed by atoms with van der Waals surface area (Å²) in [5.41, 5.74) is -0.368. The van der Waals surface area contributed by atoms with E-state index in [4.69, 9.17) is 4.74 Å². The Bertz CT molecular complexity index is 615. The standard InChI is InChI=1S/C10H5Br2FN2O2/c11-6-2-1-5(3-7(6)13)17-10-8(12)9(16)14-4-15-10/h1-4H,(H,14,15,16). The van der Waals surface area contributed by atoms with Crippen molar-refractivity contribution >= 4 is 31.9 Å². The highest BCUT2D eigenvalue weighted by molar-refractivity contribution is 9.10. The second-order valence-corrected chi connectivity index (χ2v) is 4.68. The van der Waals surface area contributed by atoms with Gasteiger partial charge in [0.2, 0.25) is 5.88 Å². The van der Waals surface area contributed by atoms with Crippen LogP contribution in [0.5, 0.6) is 11.6 Å². The van der Waals surface area contributed by atoms with Gasteiger partial charge in [0.15, 0.2) is 0 Å². The summed E-state index contributed by atoms with van der Waals surface area (Å²) in [7, 11) is 0. The number of aromatic nitrogens is 2. The molecule has 2 rings (SSSR count). The molecule has 0 radical (unpaired) electrons. The fraction of sp³-hybridized carbons (Fsp3) is 0. The third-order valence-corrected chi connectivity index (χ3v) is 3.21. The predicted octanol–water partition coefficient (Wildman–Crippen LogP) is 3.23. The van der Waals surface area contributed by atoms with Crippen LogP contribution in [0.1, 0.15) is 0 Å². The molecule has 17 heavy (non-hydrogen) atoms. The summed E-state index contributed by atoms with van der Waals surface area (Å²) in [6.45, 7) is 0. The summed E-state index contributed by atoms with van der Waals surface area (Å²) in [6, 6.07) is 4.26. The minimum atomic E-state index is -0.455. The van der Waals surface area contributed by atoms with Crippen LogP contribution in [-0.4, -0.2) is 9.97 Å². The van der Waals surface area contributed by atoms with Crippen LogP contribution in [0.3, 0.4) is 0 Å². The van der Waals surface area contributed by atoms with E-state index in [-0.39, 0.29) is 21.7 Å². The molecule has 0 unspecified atom stereocenters. The zero-order valence-electron chi connectivity index (χ0n) is 8.21.